The largest absolute Gasteiger partial charge is 0.278 e. The van der Waals surface area contributed by atoms with Gasteiger partial charge in [0.1, 0.15) is 0 Å². The second-order valence-corrected chi connectivity index (χ2v) is 15.6. The lowest BCUT2D eigenvalue weighted by molar-refractivity contribution is 0.893. The van der Waals surface area contributed by atoms with E-state index >= 15 is 0 Å². The summed E-state index contributed by atoms with van der Waals surface area (Å²) in [5, 5.41) is 0.907. The molecule has 63 heavy (non-hydrogen) atoms. The van der Waals surface area contributed by atoms with Crippen LogP contribution in [-0.4, -0.2) is 24.1 Å². The van der Waals surface area contributed by atoms with Crippen LogP contribution in [0.15, 0.2) is 212 Å². The van der Waals surface area contributed by atoms with Crippen LogP contribution in [0, 0.1) is 0 Å². The molecule has 0 bridgehead atoms. The van der Waals surface area contributed by atoms with Gasteiger partial charge in [0, 0.05) is 47.3 Å². The van der Waals surface area contributed by atoms with Crippen LogP contribution in [-0.2, 0) is 0 Å². The molecule has 0 aliphatic carbocycles. The maximum absolute atomic E-state index is 9.89. The standard InChI is InChI=1S/C57H35N5S/c1-2-12-36(13-3-1)42-30-32-46-45-16-6-10-20-51(45)62(52(46)35-42)57-59-55(58-56(60-57)61-49-18-8-4-14-43(49)44-15-5-9-19-50(44)61)40-28-26-38(27-29-40)37-22-24-39(25-23-37)41-31-33-54-48(34-41)47-17-7-11-21-53(47)63-54/h1-35H/i1D,2D,3D,4D,5D,6D,8D,9D,10D,12D,13D,14D,15D,16D,18D,19D,20D,30D,32D,35D. The van der Waals surface area contributed by atoms with Gasteiger partial charge in [0.2, 0.25) is 11.9 Å². The number of hydrogen-bond acceptors (Lipinski definition) is 4. The number of fused-ring (bicyclic) bond motifs is 9. The molecule has 0 atom stereocenters. The molecule has 6 heteroatoms. The van der Waals surface area contributed by atoms with Crippen molar-refractivity contribution >= 4 is 75.1 Å². The van der Waals surface area contributed by atoms with Gasteiger partial charge in [0.15, 0.2) is 5.82 Å². The normalized spacial score (nSPS) is 16.3. The van der Waals surface area contributed by atoms with Gasteiger partial charge in [-0.1, -0.05) is 169 Å². The molecule has 0 fully saturated rings. The lowest BCUT2D eigenvalue weighted by atomic mass is 9.98. The Kier molecular flexibility index (Phi) is 4.75. The monoisotopic (exact) mass is 841 g/mol. The third kappa shape index (κ3) is 5.80. The summed E-state index contributed by atoms with van der Waals surface area (Å²) in [4.78, 5) is 14.5. The molecule has 0 unspecified atom stereocenters. The van der Waals surface area contributed by atoms with Gasteiger partial charge in [0.05, 0.1) is 49.5 Å². The Labute approximate surface area is 394 Å². The zero-order valence-corrected chi connectivity index (χ0v) is 33.1. The molecule has 4 heterocycles. The van der Waals surface area contributed by atoms with Crippen LogP contribution in [0.3, 0.4) is 0 Å². The molecule has 0 saturated heterocycles. The second-order valence-electron chi connectivity index (χ2n) is 14.5. The summed E-state index contributed by atoms with van der Waals surface area (Å²) < 4.78 is 184. The van der Waals surface area contributed by atoms with Crippen LogP contribution in [0.25, 0.3) is 120 Å². The number of hydrogen-bond donors (Lipinski definition) is 0. The quantitative estimate of drug-likeness (QED) is 0.168. The number of para-hydroxylation sites is 3. The van der Waals surface area contributed by atoms with Crippen LogP contribution in [0.4, 0.5) is 0 Å². The van der Waals surface area contributed by atoms with Crippen molar-refractivity contribution in [3.63, 3.8) is 0 Å². The van der Waals surface area contributed by atoms with E-state index in [-0.39, 0.29) is 38.6 Å². The van der Waals surface area contributed by atoms with Gasteiger partial charge >= 0.3 is 0 Å². The highest BCUT2D eigenvalue weighted by molar-refractivity contribution is 7.25. The molecule has 0 aliphatic heterocycles. The molecular weight excluding hydrogens is 787 g/mol. The highest BCUT2D eigenvalue weighted by atomic mass is 32.1. The topological polar surface area (TPSA) is 48.5 Å². The van der Waals surface area contributed by atoms with E-state index in [2.05, 4.69) is 30.3 Å². The maximum Gasteiger partial charge on any atom is 0.240 e. The Hall–Kier alpha value is -8.19. The van der Waals surface area contributed by atoms with Crippen molar-refractivity contribution in [1.82, 2.24) is 24.1 Å². The van der Waals surface area contributed by atoms with Gasteiger partial charge in [-0.3, -0.25) is 9.13 Å². The van der Waals surface area contributed by atoms with Crippen molar-refractivity contribution in [2.24, 2.45) is 0 Å². The van der Waals surface area contributed by atoms with Crippen molar-refractivity contribution in [3.8, 4) is 56.7 Å². The Balaban J connectivity index is 1.10. The van der Waals surface area contributed by atoms with Crippen LogP contribution >= 0.6 is 11.3 Å². The summed E-state index contributed by atoms with van der Waals surface area (Å²) in [7, 11) is 0. The summed E-state index contributed by atoms with van der Waals surface area (Å²) in [5.41, 5.74) is 0.868. The summed E-state index contributed by atoms with van der Waals surface area (Å²) >= 11 is 1.73. The predicted molar refractivity (Wildman–Crippen MR) is 263 cm³/mol. The molecule has 0 spiro atoms. The average molecular weight is 842 g/mol. The predicted octanol–water partition coefficient (Wildman–Crippen LogP) is 15.1. The first-order valence-electron chi connectivity index (χ1n) is 29.5. The van der Waals surface area contributed by atoms with Crippen LogP contribution < -0.4 is 0 Å². The summed E-state index contributed by atoms with van der Waals surface area (Å²) in [5.74, 6) is -1.36. The Morgan fingerprint density at radius 3 is 1.48 bits per heavy atom. The fourth-order valence-electron chi connectivity index (χ4n) is 8.09. The Morgan fingerprint density at radius 1 is 0.349 bits per heavy atom. The number of benzene rings is 9. The number of thiophene rings is 1. The van der Waals surface area contributed by atoms with E-state index < -0.39 is 160 Å². The molecular formula is C57H35N5S. The van der Waals surface area contributed by atoms with Gasteiger partial charge < -0.3 is 0 Å². The fraction of sp³-hybridized carbons (Fsp3) is 0. The molecule has 0 saturated carbocycles. The molecule has 0 aliphatic rings. The van der Waals surface area contributed by atoms with Crippen molar-refractivity contribution in [1.29, 1.82) is 0 Å². The van der Waals surface area contributed by atoms with E-state index in [1.54, 1.807) is 35.6 Å². The number of aromatic nitrogens is 5. The summed E-state index contributed by atoms with van der Waals surface area (Å²) in [6, 6.07) is 14.4. The van der Waals surface area contributed by atoms with Crippen LogP contribution in [0.2, 0.25) is 0 Å². The van der Waals surface area contributed by atoms with Crippen molar-refractivity contribution in [2.75, 3.05) is 0 Å². The van der Waals surface area contributed by atoms with E-state index in [9.17, 15) is 9.60 Å². The van der Waals surface area contributed by atoms with E-state index in [0.717, 1.165) is 36.8 Å². The van der Waals surface area contributed by atoms with E-state index in [4.69, 9.17) is 32.8 Å². The third-order valence-corrected chi connectivity index (χ3v) is 12.2. The molecule has 4 aromatic heterocycles. The molecule has 13 aromatic rings. The molecule has 0 amide bonds. The maximum atomic E-state index is 9.89. The van der Waals surface area contributed by atoms with Crippen LogP contribution in [0.5, 0.6) is 0 Å². The zero-order valence-electron chi connectivity index (χ0n) is 52.3. The highest BCUT2D eigenvalue weighted by Crippen LogP contribution is 2.39. The first kappa shape index (κ1) is 21.1. The summed E-state index contributed by atoms with van der Waals surface area (Å²) in [6.07, 6.45) is 0. The van der Waals surface area contributed by atoms with Crippen molar-refractivity contribution < 1.29 is 27.4 Å². The van der Waals surface area contributed by atoms with Crippen molar-refractivity contribution in [3.05, 3.63) is 212 Å². The van der Waals surface area contributed by atoms with Crippen molar-refractivity contribution in [2.45, 2.75) is 0 Å². The minimum Gasteiger partial charge on any atom is -0.278 e. The van der Waals surface area contributed by atoms with Gasteiger partial charge in [-0.05, 0) is 75.7 Å². The van der Waals surface area contributed by atoms with E-state index in [0.29, 0.717) is 0 Å². The van der Waals surface area contributed by atoms with Gasteiger partial charge in [-0.25, -0.2) is 0 Å². The lowest BCUT2D eigenvalue weighted by Crippen LogP contribution is -2.10. The highest BCUT2D eigenvalue weighted by Gasteiger charge is 2.21. The molecule has 9 aromatic carbocycles. The number of rotatable bonds is 6. The minimum atomic E-state index is -0.821. The van der Waals surface area contributed by atoms with Gasteiger partial charge in [-0.15, -0.1) is 11.3 Å². The molecule has 13 rings (SSSR count). The molecule has 5 nitrogen and oxygen atoms in total. The molecule has 294 valence electrons. The lowest BCUT2D eigenvalue weighted by Gasteiger charge is -2.13. The summed E-state index contributed by atoms with van der Waals surface area (Å²) in [6.45, 7) is 0. The number of nitrogens with zero attached hydrogens (tertiary/aromatic N) is 5. The minimum absolute atomic E-state index is 0.226. The molecule has 0 radical (unpaired) electrons. The molecule has 0 N–H and O–H groups in total. The Bertz CT molecular complexity index is 4990. The smallest absolute Gasteiger partial charge is 0.240 e. The van der Waals surface area contributed by atoms with Crippen LogP contribution in [0.1, 0.15) is 27.4 Å². The van der Waals surface area contributed by atoms with E-state index in [1.165, 1.54) is 14.8 Å². The first-order valence-corrected chi connectivity index (χ1v) is 20.4. The Morgan fingerprint density at radius 2 is 0.841 bits per heavy atom. The SMILES string of the molecule is [2H]c1c([2H])c([2H])c(-c2c([2H])c([2H])c3c4c([2H])c([2H])c([2H])c([2H])c4n(-c4nc(-c5ccc(-c6ccc(-c7ccc8sc9ccccc9c8c7)cc6)cc5)nc(-n5c6c([2H])c([2H])c([2H])c([2H])c6c6c([2H])c([2H])c([2H])c([2H])c65)n4)c3c2[2H])c([2H])c1[2H]. The zero-order chi connectivity index (χ0) is 58.8. The van der Waals surface area contributed by atoms with Gasteiger partial charge in [0.25, 0.3) is 0 Å². The second kappa shape index (κ2) is 14.2. The third-order valence-electron chi connectivity index (χ3n) is 11.0. The fourth-order valence-corrected chi connectivity index (χ4v) is 9.17. The average Bonchev–Trinajstić information content (AvgIpc) is 2.58. The first-order chi connectivity index (χ1) is 39.5. The van der Waals surface area contributed by atoms with Gasteiger partial charge in [-0.2, -0.15) is 15.0 Å². The van der Waals surface area contributed by atoms with E-state index in [1.807, 2.05) is 36.4 Å².